The van der Waals surface area contributed by atoms with E-state index in [1.807, 2.05) is 12.1 Å². The number of hydrogen-bond donors (Lipinski definition) is 1. The van der Waals surface area contributed by atoms with E-state index in [-0.39, 0.29) is 24.9 Å². The number of rotatable bonds is 3. The number of fused-ring (bicyclic) bond motifs is 1. The lowest BCUT2D eigenvalue weighted by Gasteiger charge is -2.38. The monoisotopic (exact) mass is 420 g/mol. The Morgan fingerprint density at radius 3 is 2.38 bits per heavy atom. The van der Waals surface area contributed by atoms with Gasteiger partial charge in [-0.1, -0.05) is 6.07 Å². The molecule has 2 aliphatic heterocycles. The summed E-state index contributed by atoms with van der Waals surface area (Å²) in [6, 6.07) is 4.96. The molecule has 3 aliphatic rings. The molecule has 2 heterocycles. The second kappa shape index (κ2) is 7.95. The van der Waals surface area contributed by atoms with Crippen LogP contribution in [0.25, 0.3) is 0 Å². The summed E-state index contributed by atoms with van der Waals surface area (Å²) in [6.45, 7) is 2.26. The Morgan fingerprint density at radius 2 is 1.66 bits per heavy atom. The zero-order chi connectivity index (χ0) is 20.6. The number of piperazine rings is 1. The number of benzene rings is 1. The first kappa shape index (κ1) is 20.2. The van der Waals surface area contributed by atoms with E-state index in [0.717, 1.165) is 37.7 Å². The highest BCUT2D eigenvalue weighted by Crippen LogP contribution is 2.27. The third kappa shape index (κ3) is 3.98. The number of nitrogens with two attached hydrogens (primary N) is 1. The smallest absolute Gasteiger partial charge is 0.314 e. The number of amides is 3. The molecule has 1 aliphatic carbocycles. The molecule has 2 N–H and O–H groups in total. The van der Waals surface area contributed by atoms with E-state index < -0.39 is 16.1 Å². The Balaban J connectivity index is 1.38. The second-order valence-electron chi connectivity index (χ2n) is 8.14. The highest BCUT2D eigenvalue weighted by atomic mass is 32.2. The van der Waals surface area contributed by atoms with Crippen LogP contribution in [0.5, 0.6) is 0 Å². The van der Waals surface area contributed by atoms with Gasteiger partial charge in [0, 0.05) is 39.3 Å². The van der Waals surface area contributed by atoms with Crippen LogP contribution in [0.4, 0.5) is 4.79 Å². The van der Waals surface area contributed by atoms with Crippen LogP contribution in [0.1, 0.15) is 30.4 Å². The third-order valence-corrected chi connectivity index (χ3v) is 8.23. The molecule has 0 spiro atoms. The van der Waals surface area contributed by atoms with Gasteiger partial charge in [-0.15, -0.1) is 0 Å². The molecular weight excluding hydrogens is 392 g/mol. The molecule has 1 aromatic carbocycles. The first-order valence-electron chi connectivity index (χ1n) is 10.3. The number of likely N-dealkylation sites (tertiary alicyclic amines) is 1. The fraction of sp³-hybridized carbons (Fsp3) is 0.600. The summed E-state index contributed by atoms with van der Waals surface area (Å²) < 4.78 is 27.6. The SMILES string of the molecule is NC(=O)N1CCC[C@H](C(=O)N2CCN(S(=O)(=O)c3ccc4c(c3)CCC4)CC2)C1. The fourth-order valence-corrected chi connectivity index (χ4v) is 6.12. The van der Waals surface area contributed by atoms with Gasteiger partial charge in [0.15, 0.2) is 0 Å². The van der Waals surface area contributed by atoms with Gasteiger partial charge in [-0.3, -0.25) is 4.79 Å². The van der Waals surface area contributed by atoms with E-state index in [1.165, 1.54) is 14.8 Å². The van der Waals surface area contributed by atoms with Crippen molar-refractivity contribution in [2.24, 2.45) is 11.7 Å². The van der Waals surface area contributed by atoms with Crippen LogP contribution in [-0.2, 0) is 27.7 Å². The first-order valence-corrected chi connectivity index (χ1v) is 11.8. The van der Waals surface area contributed by atoms with Crippen LogP contribution in [-0.4, -0.2) is 73.7 Å². The lowest BCUT2D eigenvalue weighted by Crippen LogP contribution is -2.54. The number of primary amides is 1. The minimum Gasteiger partial charge on any atom is -0.351 e. The minimum atomic E-state index is -3.55. The van der Waals surface area contributed by atoms with E-state index in [9.17, 15) is 18.0 Å². The normalized spacial score (nSPS) is 23.1. The average Bonchev–Trinajstić information content (AvgIpc) is 3.21. The highest BCUT2D eigenvalue weighted by molar-refractivity contribution is 7.89. The Hall–Kier alpha value is -2.13. The van der Waals surface area contributed by atoms with E-state index in [0.29, 0.717) is 31.1 Å². The van der Waals surface area contributed by atoms with Gasteiger partial charge >= 0.3 is 6.03 Å². The Kier molecular flexibility index (Phi) is 5.52. The standard InChI is InChI=1S/C20H28N4O4S/c21-20(26)23-8-2-5-17(14-23)19(25)22-9-11-24(12-10-22)29(27,28)18-7-6-15-3-1-4-16(15)13-18/h6-7,13,17H,1-5,8-12,14H2,(H2,21,26)/t17-/m0/s1. The quantitative estimate of drug-likeness (QED) is 0.781. The minimum absolute atomic E-state index is 0.00877. The van der Waals surface area contributed by atoms with Gasteiger partial charge in [0.1, 0.15) is 0 Å². The van der Waals surface area contributed by atoms with Crippen molar-refractivity contribution >= 4 is 22.0 Å². The summed E-state index contributed by atoms with van der Waals surface area (Å²) in [4.78, 5) is 27.9. The highest BCUT2D eigenvalue weighted by Gasteiger charge is 2.35. The van der Waals surface area contributed by atoms with Gasteiger partial charge in [0.2, 0.25) is 15.9 Å². The van der Waals surface area contributed by atoms with E-state index in [4.69, 9.17) is 5.73 Å². The number of carbonyl (C=O) groups excluding carboxylic acids is 2. The largest absolute Gasteiger partial charge is 0.351 e. The van der Waals surface area contributed by atoms with Crippen molar-refractivity contribution in [3.05, 3.63) is 29.3 Å². The van der Waals surface area contributed by atoms with Gasteiger partial charge in [-0.25, -0.2) is 13.2 Å². The number of aryl methyl sites for hydroxylation is 2. The number of carbonyl (C=O) groups is 2. The van der Waals surface area contributed by atoms with Gasteiger partial charge in [0.25, 0.3) is 0 Å². The van der Waals surface area contributed by atoms with E-state index in [2.05, 4.69) is 0 Å². The van der Waals surface area contributed by atoms with Crippen molar-refractivity contribution in [2.45, 2.75) is 37.0 Å². The molecule has 29 heavy (non-hydrogen) atoms. The molecular formula is C20H28N4O4S. The number of urea groups is 1. The van der Waals surface area contributed by atoms with Crippen LogP contribution >= 0.6 is 0 Å². The van der Waals surface area contributed by atoms with Crippen LogP contribution < -0.4 is 5.73 Å². The zero-order valence-electron chi connectivity index (χ0n) is 16.5. The van der Waals surface area contributed by atoms with Gasteiger partial charge < -0.3 is 15.5 Å². The van der Waals surface area contributed by atoms with Gasteiger partial charge in [-0.2, -0.15) is 4.31 Å². The van der Waals surface area contributed by atoms with Crippen molar-refractivity contribution in [1.82, 2.24) is 14.1 Å². The number of nitrogens with zero attached hydrogens (tertiary/aromatic N) is 3. The fourth-order valence-electron chi connectivity index (χ4n) is 4.64. The Morgan fingerprint density at radius 1 is 0.931 bits per heavy atom. The number of sulfonamides is 1. The molecule has 9 heteroatoms. The molecule has 0 saturated carbocycles. The van der Waals surface area contributed by atoms with Crippen molar-refractivity contribution in [3.63, 3.8) is 0 Å². The topological polar surface area (TPSA) is 104 Å². The molecule has 2 fully saturated rings. The number of hydrogen-bond acceptors (Lipinski definition) is 4. The van der Waals surface area contributed by atoms with Crippen molar-refractivity contribution in [1.29, 1.82) is 0 Å². The van der Waals surface area contributed by atoms with Crippen molar-refractivity contribution in [3.8, 4) is 0 Å². The Labute approximate surface area is 171 Å². The average molecular weight is 421 g/mol. The van der Waals surface area contributed by atoms with Crippen LogP contribution in [0.15, 0.2) is 23.1 Å². The maximum absolute atomic E-state index is 13.0. The predicted molar refractivity (Wildman–Crippen MR) is 108 cm³/mol. The maximum Gasteiger partial charge on any atom is 0.314 e. The van der Waals surface area contributed by atoms with Crippen LogP contribution in [0.2, 0.25) is 0 Å². The predicted octanol–water partition coefficient (Wildman–Crippen LogP) is 0.799. The molecule has 0 radical (unpaired) electrons. The molecule has 0 bridgehead atoms. The summed E-state index contributed by atoms with van der Waals surface area (Å²) in [7, 11) is -3.55. The summed E-state index contributed by atoms with van der Waals surface area (Å²) in [5.74, 6) is -0.262. The summed E-state index contributed by atoms with van der Waals surface area (Å²) >= 11 is 0. The zero-order valence-corrected chi connectivity index (χ0v) is 17.4. The molecule has 1 aromatic rings. The molecule has 3 amide bonds. The van der Waals surface area contributed by atoms with Crippen molar-refractivity contribution in [2.75, 3.05) is 39.3 Å². The molecule has 158 valence electrons. The second-order valence-corrected chi connectivity index (χ2v) is 10.1. The van der Waals surface area contributed by atoms with Gasteiger partial charge in [-0.05, 0) is 55.4 Å². The third-order valence-electron chi connectivity index (χ3n) is 6.34. The molecule has 8 nitrogen and oxygen atoms in total. The van der Waals surface area contributed by atoms with E-state index >= 15 is 0 Å². The molecule has 0 unspecified atom stereocenters. The molecule has 2 saturated heterocycles. The Bertz CT molecular complexity index is 909. The molecule has 0 aromatic heterocycles. The number of piperidine rings is 1. The maximum atomic E-state index is 13.0. The summed E-state index contributed by atoms with van der Waals surface area (Å²) in [5, 5.41) is 0. The first-order chi connectivity index (χ1) is 13.9. The van der Waals surface area contributed by atoms with Crippen LogP contribution in [0, 0.1) is 5.92 Å². The van der Waals surface area contributed by atoms with Crippen LogP contribution in [0.3, 0.4) is 0 Å². The van der Waals surface area contributed by atoms with E-state index in [1.54, 1.807) is 11.0 Å². The lowest BCUT2D eigenvalue weighted by atomic mass is 9.96. The molecule has 1 atom stereocenters. The summed E-state index contributed by atoms with van der Waals surface area (Å²) in [5.41, 5.74) is 7.73. The van der Waals surface area contributed by atoms with Crippen molar-refractivity contribution < 1.29 is 18.0 Å². The lowest BCUT2D eigenvalue weighted by molar-refractivity contribution is -0.138. The molecule has 4 rings (SSSR count). The summed E-state index contributed by atoms with van der Waals surface area (Å²) in [6.07, 6.45) is 4.52. The van der Waals surface area contributed by atoms with Gasteiger partial charge in [0.05, 0.1) is 10.8 Å².